The fraction of sp³-hybridized carbons (Fsp3) is 0.500. The maximum atomic E-state index is 12.7. The Hall–Kier alpha value is -3.46. The van der Waals surface area contributed by atoms with Gasteiger partial charge in [-0.05, 0) is 49.9 Å². The molecule has 5 heterocycles. The van der Waals surface area contributed by atoms with Crippen LogP contribution in [0.15, 0.2) is 24.7 Å². The highest BCUT2D eigenvalue weighted by Crippen LogP contribution is 2.38. The van der Waals surface area contributed by atoms with E-state index in [4.69, 9.17) is 4.98 Å². The molecule has 0 radical (unpaired) electrons. The third kappa shape index (κ3) is 4.56. The predicted molar refractivity (Wildman–Crippen MR) is 148 cm³/mol. The first-order valence-electron chi connectivity index (χ1n) is 13.3. The summed E-state index contributed by atoms with van der Waals surface area (Å²) in [5.74, 6) is 1.40. The van der Waals surface area contributed by atoms with Crippen molar-refractivity contribution in [1.82, 2.24) is 34.8 Å². The molecule has 5 rings (SSSR count). The van der Waals surface area contributed by atoms with E-state index >= 15 is 0 Å². The molecule has 0 spiro atoms. The van der Waals surface area contributed by atoms with Crippen LogP contribution in [-0.4, -0.2) is 73.6 Å². The first kappa shape index (κ1) is 25.2. The van der Waals surface area contributed by atoms with Crippen LogP contribution in [0, 0.1) is 13.8 Å². The topological polar surface area (TPSA) is 94.5 Å². The van der Waals surface area contributed by atoms with Crippen molar-refractivity contribution in [3.63, 3.8) is 0 Å². The summed E-state index contributed by atoms with van der Waals surface area (Å²) in [7, 11) is 0. The van der Waals surface area contributed by atoms with Crippen LogP contribution >= 0.6 is 0 Å². The number of hydrogen-bond donors (Lipinski definition) is 2. The summed E-state index contributed by atoms with van der Waals surface area (Å²) < 4.78 is 1.85. The van der Waals surface area contributed by atoms with Crippen LogP contribution < -0.4 is 10.2 Å². The van der Waals surface area contributed by atoms with Crippen molar-refractivity contribution in [1.29, 1.82) is 0 Å². The van der Waals surface area contributed by atoms with Gasteiger partial charge in [-0.3, -0.25) is 4.79 Å². The van der Waals surface area contributed by atoms with E-state index in [1.165, 1.54) is 11.1 Å². The molecule has 9 heteroatoms. The Morgan fingerprint density at radius 2 is 1.95 bits per heavy atom. The van der Waals surface area contributed by atoms with Gasteiger partial charge in [0.2, 0.25) is 5.91 Å². The molecule has 9 nitrogen and oxygen atoms in total. The molecule has 1 saturated heterocycles. The van der Waals surface area contributed by atoms with Gasteiger partial charge in [0.1, 0.15) is 12.1 Å². The Kier molecular flexibility index (Phi) is 6.66. The summed E-state index contributed by atoms with van der Waals surface area (Å²) in [5.41, 5.74) is 8.65. The number of rotatable bonds is 6. The highest BCUT2D eigenvalue weighted by atomic mass is 16.2. The van der Waals surface area contributed by atoms with Gasteiger partial charge in [-0.2, -0.15) is 5.10 Å². The number of H-pyrrole nitrogens is 1. The molecule has 0 aliphatic carbocycles. The number of carbonyl (C=O) groups is 1. The summed E-state index contributed by atoms with van der Waals surface area (Å²) in [6.45, 7) is 17.5. The lowest BCUT2D eigenvalue weighted by atomic mass is 9.95. The third-order valence-electron chi connectivity index (χ3n) is 7.57. The molecule has 1 aliphatic rings. The van der Waals surface area contributed by atoms with Gasteiger partial charge in [0.05, 0.1) is 23.3 Å². The molecule has 0 aromatic carbocycles. The van der Waals surface area contributed by atoms with Crippen LogP contribution in [0.2, 0.25) is 0 Å². The fourth-order valence-electron chi connectivity index (χ4n) is 5.39. The molecule has 1 amide bonds. The van der Waals surface area contributed by atoms with Crippen LogP contribution in [0.5, 0.6) is 0 Å². The Balaban J connectivity index is 1.48. The van der Waals surface area contributed by atoms with Gasteiger partial charge in [-0.25, -0.2) is 14.5 Å². The zero-order valence-corrected chi connectivity index (χ0v) is 23.0. The number of anilines is 1. The summed E-state index contributed by atoms with van der Waals surface area (Å²) in [5, 5.41) is 7.63. The maximum absolute atomic E-state index is 12.7. The molecule has 196 valence electrons. The van der Waals surface area contributed by atoms with Crippen LogP contribution in [0.25, 0.3) is 27.9 Å². The van der Waals surface area contributed by atoms with Crippen LogP contribution in [0.4, 0.5) is 5.82 Å². The molecule has 1 fully saturated rings. The van der Waals surface area contributed by atoms with E-state index in [1.807, 2.05) is 9.42 Å². The molecule has 0 unspecified atom stereocenters. The Bertz CT molecular complexity index is 1450. The number of nitrogens with zero attached hydrogens (tertiary/aromatic N) is 6. The molecule has 2 N–H and O–H groups in total. The maximum Gasteiger partial charge on any atom is 0.236 e. The number of carbonyl (C=O) groups excluding carboxylic acids is 1. The lowest BCUT2D eigenvalue weighted by molar-refractivity contribution is -0.131. The largest absolute Gasteiger partial charge is 0.353 e. The van der Waals surface area contributed by atoms with Crippen LogP contribution in [0.1, 0.15) is 57.2 Å². The zero-order chi connectivity index (χ0) is 26.4. The second-order valence-corrected chi connectivity index (χ2v) is 10.9. The fourth-order valence-corrected chi connectivity index (χ4v) is 5.39. The number of aromatic nitrogens is 5. The first-order chi connectivity index (χ1) is 17.7. The van der Waals surface area contributed by atoms with E-state index in [0.717, 1.165) is 45.9 Å². The molecular weight excluding hydrogens is 464 g/mol. The van der Waals surface area contributed by atoms with Crippen molar-refractivity contribution in [2.24, 2.45) is 0 Å². The van der Waals surface area contributed by atoms with Gasteiger partial charge in [0.15, 0.2) is 5.65 Å². The van der Waals surface area contributed by atoms with Gasteiger partial charge in [0.25, 0.3) is 0 Å². The van der Waals surface area contributed by atoms with E-state index in [-0.39, 0.29) is 17.9 Å². The Morgan fingerprint density at radius 1 is 1.16 bits per heavy atom. The lowest BCUT2D eigenvalue weighted by Crippen LogP contribution is -2.55. The van der Waals surface area contributed by atoms with Gasteiger partial charge in [-0.15, -0.1) is 0 Å². The minimum Gasteiger partial charge on any atom is -0.353 e. The number of aromatic amines is 1. The van der Waals surface area contributed by atoms with E-state index in [9.17, 15) is 4.79 Å². The second-order valence-electron chi connectivity index (χ2n) is 10.9. The van der Waals surface area contributed by atoms with E-state index < -0.39 is 0 Å². The first-order valence-corrected chi connectivity index (χ1v) is 13.3. The molecule has 1 atom stereocenters. The Morgan fingerprint density at radius 3 is 2.65 bits per heavy atom. The van der Waals surface area contributed by atoms with Crippen LogP contribution in [-0.2, 0) is 4.79 Å². The number of aryl methyl sites for hydroxylation is 1. The lowest BCUT2D eigenvalue weighted by Gasteiger charge is -2.40. The average molecular weight is 503 g/mol. The minimum absolute atomic E-state index is 0.163. The SMILES string of the molecule is Cc1c(-c2[nH]c3ccc(N4CCN(C(=O)CNC(C)C)C[C@@H]4C)nc3c2C(C)C)cn2ncnc2c1C. The smallest absolute Gasteiger partial charge is 0.236 e. The van der Waals surface area contributed by atoms with E-state index in [2.05, 4.69) is 92.1 Å². The normalized spacial score (nSPS) is 16.6. The van der Waals surface area contributed by atoms with Crippen molar-refractivity contribution in [3.05, 3.63) is 41.3 Å². The predicted octanol–water partition coefficient (Wildman–Crippen LogP) is 4.05. The van der Waals surface area contributed by atoms with Gasteiger partial charge in [-0.1, -0.05) is 27.7 Å². The highest BCUT2D eigenvalue weighted by molar-refractivity contribution is 5.90. The average Bonchev–Trinajstić information content (AvgIpc) is 3.48. The third-order valence-corrected chi connectivity index (χ3v) is 7.57. The van der Waals surface area contributed by atoms with Crippen molar-refractivity contribution in [2.75, 3.05) is 31.1 Å². The monoisotopic (exact) mass is 502 g/mol. The van der Waals surface area contributed by atoms with Crippen LogP contribution in [0.3, 0.4) is 0 Å². The number of pyridine rings is 2. The van der Waals surface area contributed by atoms with Crippen molar-refractivity contribution in [2.45, 2.75) is 66.5 Å². The Labute approximate surface area is 218 Å². The van der Waals surface area contributed by atoms with Gasteiger partial charge < -0.3 is 20.1 Å². The summed E-state index contributed by atoms with van der Waals surface area (Å²) in [4.78, 5) is 30.2. The molecule has 37 heavy (non-hydrogen) atoms. The number of amides is 1. The zero-order valence-electron chi connectivity index (χ0n) is 23.0. The second kappa shape index (κ2) is 9.78. The molecule has 4 aromatic rings. The number of piperazine rings is 1. The molecule has 0 bridgehead atoms. The molecule has 1 aliphatic heterocycles. The number of fused-ring (bicyclic) bond motifs is 2. The van der Waals surface area contributed by atoms with Gasteiger partial charge in [0, 0.05) is 49.0 Å². The number of nitrogens with one attached hydrogen (secondary N) is 2. The summed E-state index contributed by atoms with van der Waals surface area (Å²) in [6.07, 6.45) is 3.66. The molecule has 0 saturated carbocycles. The molecule has 4 aromatic heterocycles. The standard InChI is InChI=1S/C28H38N8O/c1-16(2)25-26(21-14-36-28(30-15-31-36)20(7)19(21)6)32-22-8-9-23(33-27(22)25)35-11-10-34(13-18(35)5)24(37)12-29-17(3)4/h8-9,14-18,29,32H,10-13H2,1-7H3/t18-/m0/s1. The van der Waals surface area contributed by atoms with Gasteiger partial charge >= 0.3 is 0 Å². The van der Waals surface area contributed by atoms with E-state index in [1.54, 1.807) is 6.33 Å². The quantitative estimate of drug-likeness (QED) is 0.413. The van der Waals surface area contributed by atoms with Crippen molar-refractivity contribution in [3.8, 4) is 11.3 Å². The summed E-state index contributed by atoms with van der Waals surface area (Å²) in [6, 6.07) is 4.72. The van der Waals surface area contributed by atoms with E-state index in [0.29, 0.717) is 25.7 Å². The molecular formula is C28H38N8O. The number of hydrogen-bond acceptors (Lipinski definition) is 6. The highest BCUT2D eigenvalue weighted by Gasteiger charge is 2.28. The van der Waals surface area contributed by atoms with Crippen molar-refractivity contribution < 1.29 is 4.79 Å². The summed E-state index contributed by atoms with van der Waals surface area (Å²) >= 11 is 0. The minimum atomic E-state index is 0.163. The van der Waals surface area contributed by atoms with Crippen molar-refractivity contribution >= 4 is 28.4 Å².